The van der Waals surface area contributed by atoms with Gasteiger partial charge in [0.15, 0.2) is 0 Å². The van der Waals surface area contributed by atoms with Crippen LogP contribution in [-0.4, -0.2) is 28.1 Å². The van der Waals surface area contributed by atoms with Crippen LogP contribution in [-0.2, 0) is 4.79 Å². The fraction of sp³-hybridized carbons (Fsp3) is 0.118. The second kappa shape index (κ2) is 7.28. The van der Waals surface area contributed by atoms with Crippen molar-refractivity contribution in [2.45, 2.75) is 13.3 Å². The van der Waals surface area contributed by atoms with Gasteiger partial charge in [-0.1, -0.05) is 13.0 Å². The molecule has 0 aliphatic carbocycles. The summed E-state index contributed by atoms with van der Waals surface area (Å²) in [4.78, 5) is 33.6. The molecule has 3 N–H and O–H groups in total. The van der Waals surface area contributed by atoms with Crippen LogP contribution in [0.25, 0.3) is 0 Å². The number of anilines is 1. The van der Waals surface area contributed by atoms with E-state index in [0.29, 0.717) is 17.9 Å². The quantitative estimate of drug-likeness (QED) is 0.750. The minimum Gasteiger partial charge on any atom is -0.478 e. The fourth-order valence-corrected chi connectivity index (χ4v) is 1.97. The monoisotopic (exact) mass is 329 g/mol. The van der Waals surface area contributed by atoms with Gasteiger partial charge < -0.3 is 20.3 Å². The molecule has 0 aliphatic rings. The van der Waals surface area contributed by atoms with Crippen molar-refractivity contribution < 1.29 is 29.3 Å². The Morgan fingerprint density at radius 3 is 2.25 bits per heavy atom. The maximum Gasteiger partial charge on any atom is 0.336 e. The predicted molar refractivity (Wildman–Crippen MR) is 85.8 cm³/mol. The predicted octanol–water partition coefficient (Wildman–Crippen LogP) is 3.22. The highest BCUT2D eigenvalue weighted by Crippen LogP contribution is 2.26. The highest BCUT2D eigenvalue weighted by molar-refractivity contribution is 6.02. The van der Waals surface area contributed by atoms with Crippen molar-refractivity contribution in [1.82, 2.24) is 0 Å². The van der Waals surface area contributed by atoms with Crippen LogP contribution in [0.5, 0.6) is 11.5 Å². The zero-order chi connectivity index (χ0) is 17.7. The van der Waals surface area contributed by atoms with Gasteiger partial charge in [-0.25, -0.2) is 9.59 Å². The van der Waals surface area contributed by atoms with Gasteiger partial charge in [0, 0.05) is 18.2 Å². The van der Waals surface area contributed by atoms with Crippen LogP contribution in [0, 0.1) is 0 Å². The number of hydrogen-bond acceptors (Lipinski definition) is 4. The number of ether oxygens (including phenoxy) is 1. The van der Waals surface area contributed by atoms with Crippen LogP contribution in [0.1, 0.15) is 34.1 Å². The van der Waals surface area contributed by atoms with Crippen LogP contribution in [0.4, 0.5) is 5.69 Å². The molecule has 0 heterocycles. The smallest absolute Gasteiger partial charge is 0.336 e. The van der Waals surface area contributed by atoms with Crippen LogP contribution in [0.3, 0.4) is 0 Å². The molecule has 0 spiro atoms. The van der Waals surface area contributed by atoms with Gasteiger partial charge in [-0.3, -0.25) is 4.79 Å². The average molecular weight is 329 g/mol. The summed E-state index contributed by atoms with van der Waals surface area (Å²) in [7, 11) is 0. The van der Waals surface area contributed by atoms with Gasteiger partial charge >= 0.3 is 11.9 Å². The van der Waals surface area contributed by atoms with E-state index in [4.69, 9.17) is 14.9 Å². The summed E-state index contributed by atoms with van der Waals surface area (Å²) in [6.45, 7) is 1.73. The number of carboxylic acid groups (broad SMARTS) is 2. The van der Waals surface area contributed by atoms with E-state index in [1.54, 1.807) is 31.2 Å². The molecule has 0 fully saturated rings. The number of carboxylic acids is 2. The molecule has 0 aromatic heterocycles. The first-order chi connectivity index (χ1) is 11.4. The molecule has 7 heteroatoms. The lowest BCUT2D eigenvalue weighted by molar-refractivity contribution is -0.115. The zero-order valence-corrected chi connectivity index (χ0v) is 12.8. The van der Waals surface area contributed by atoms with Crippen molar-refractivity contribution in [2.24, 2.45) is 0 Å². The molecule has 0 radical (unpaired) electrons. The van der Waals surface area contributed by atoms with E-state index in [1.807, 2.05) is 0 Å². The molecule has 24 heavy (non-hydrogen) atoms. The van der Waals surface area contributed by atoms with Gasteiger partial charge in [0.25, 0.3) is 0 Å². The Bertz CT molecular complexity index is 799. The number of benzene rings is 2. The summed E-state index contributed by atoms with van der Waals surface area (Å²) in [6, 6.07) is 10.3. The number of hydrogen-bond donors (Lipinski definition) is 3. The third kappa shape index (κ3) is 4.10. The van der Waals surface area contributed by atoms with Gasteiger partial charge in [0.1, 0.15) is 11.5 Å². The van der Waals surface area contributed by atoms with E-state index < -0.39 is 11.9 Å². The number of carbonyl (C=O) groups is 3. The second-order valence-electron chi connectivity index (χ2n) is 4.85. The molecule has 0 aliphatic heterocycles. The van der Waals surface area contributed by atoms with Crippen LogP contribution >= 0.6 is 0 Å². The molecule has 0 atom stereocenters. The molecular formula is C17H15NO6. The molecule has 2 aromatic rings. The summed E-state index contributed by atoms with van der Waals surface area (Å²) in [5.74, 6) is -2.28. The Balaban J connectivity index is 2.26. The molecule has 1 amide bonds. The Hall–Kier alpha value is -3.35. The molecule has 2 aromatic carbocycles. The maximum absolute atomic E-state index is 11.4. The summed E-state index contributed by atoms with van der Waals surface area (Å²) in [6.07, 6.45) is 0.337. The van der Waals surface area contributed by atoms with Crippen LogP contribution in [0.15, 0.2) is 42.5 Å². The van der Waals surface area contributed by atoms with Gasteiger partial charge in [-0.2, -0.15) is 0 Å². The molecular weight excluding hydrogens is 314 g/mol. The van der Waals surface area contributed by atoms with E-state index in [9.17, 15) is 14.4 Å². The molecule has 124 valence electrons. The van der Waals surface area contributed by atoms with Crippen molar-refractivity contribution in [1.29, 1.82) is 0 Å². The van der Waals surface area contributed by atoms with Gasteiger partial charge in [-0.05, 0) is 30.3 Å². The zero-order valence-electron chi connectivity index (χ0n) is 12.8. The highest BCUT2D eigenvalue weighted by atomic mass is 16.5. The van der Waals surface area contributed by atoms with Crippen molar-refractivity contribution in [3.05, 3.63) is 53.6 Å². The lowest BCUT2D eigenvalue weighted by atomic mass is 10.1. The number of aromatic carboxylic acids is 2. The maximum atomic E-state index is 11.4. The van der Waals surface area contributed by atoms with E-state index in [-0.39, 0.29) is 22.8 Å². The van der Waals surface area contributed by atoms with Gasteiger partial charge in [0.2, 0.25) is 5.91 Å². The van der Waals surface area contributed by atoms with E-state index in [2.05, 4.69) is 5.32 Å². The third-order valence-corrected chi connectivity index (χ3v) is 3.13. The Kier molecular flexibility index (Phi) is 5.16. The Morgan fingerprint density at radius 2 is 1.62 bits per heavy atom. The topological polar surface area (TPSA) is 113 Å². The van der Waals surface area contributed by atoms with Crippen molar-refractivity contribution in [3.8, 4) is 11.5 Å². The summed E-state index contributed by atoms with van der Waals surface area (Å²) in [5, 5.41) is 20.8. The second-order valence-corrected chi connectivity index (χ2v) is 4.85. The molecule has 2 rings (SSSR count). The normalized spacial score (nSPS) is 10.0. The van der Waals surface area contributed by atoms with E-state index in [1.165, 1.54) is 12.1 Å². The van der Waals surface area contributed by atoms with Crippen LogP contribution < -0.4 is 10.1 Å². The SMILES string of the molecule is CCC(=O)Nc1cccc(Oc2ccc(C(=O)O)c(C(=O)O)c2)c1. The van der Waals surface area contributed by atoms with Crippen molar-refractivity contribution in [2.75, 3.05) is 5.32 Å². The molecule has 0 bridgehead atoms. The number of nitrogens with one attached hydrogen (secondary N) is 1. The van der Waals surface area contributed by atoms with E-state index in [0.717, 1.165) is 6.07 Å². The van der Waals surface area contributed by atoms with Crippen LogP contribution in [0.2, 0.25) is 0 Å². The number of rotatable bonds is 6. The summed E-state index contributed by atoms with van der Waals surface area (Å²) < 4.78 is 5.55. The van der Waals surface area contributed by atoms with Crippen molar-refractivity contribution >= 4 is 23.5 Å². The first kappa shape index (κ1) is 17.0. The highest BCUT2D eigenvalue weighted by Gasteiger charge is 2.17. The third-order valence-electron chi connectivity index (χ3n) is 3.13. The minimum absolute atomic E-state index is 0.147. The Morgan fingerprint density at radius 1 is 0.958 bits per heavy atom. The summed E-state index contributed by atoms with van der Waals surface area (Å²) >= 11 is 0. The van der Waals surface area contributed by atoms with Gasteiger partial charge in [-0.15, -0.1) is 0 Å². The fourth-order valence-electron chi connectivity index (χ4n) is 1.97. The van der Waals surface area contributed by atoms with Gasteiger partial charge in [0.05, 0.1) is 11.1 Å². The lowest BCUT2D eigenvalue weighted by Crippen LogP contribution is -2.09. The molecule has 0 unspecified atom stereocenters. The largest absolute Gasteiger partial charge is 0.478 e. The molecule has 7 nitrogen and oxygen atoms in total. The number of carbonyl (C=O) groups excluding carboxylic acids is 1. The molecule has 0 saturated heterocycles. The standard InChI is InChI=1S/C17H15NO6/c1-2-15(19)18-10-4-3-5-11(8-10)24-12-6-7-13(16(20)21)14(9-12)17(22)23/h3-9H,2H2,1H3,(H,18,19)(H,20,21)(H,22,23). The summed E-state index contributed by atoms with van der Waals surface area (Å²) in [5.41, 5.74) is -0.144. The molecule has 0 saturated carbocycles. The first-order valence-electron chi connectivity index (χ1n) is 7.09. The number of amides is 1. The first-order valence-corrected chi connectivity index (χ1v) is 7.09. The van der Waals surface area contributed by atoms with Crippen molar-refractivity contribution in [3.63, 3.8) is 0 Å². The minimum atomic E-state index is -1.36. The average Bonchev–Trinajstić information content (AvgIpc) is 2.54. The lowest BCUT2D eigenvalue weighted by Gasteiger charge is -2.10. The van der Waals surface area contributed by atoms with E-state index >= 15 is 0 Å². The Labute approximate surface area is 137 Å².